The maximum absolute atomic E-state index is 12.9. The van der Waals surface area contributed by atoms with Crippen molar-refractivity contribution < 1.29 is 9.53 Å². The minimum atomic E-state index is 0.101. The number of likely N-dealkylation sites (tertiary alicyclic amines) is 1. The van der Waals surface area contributed by atoms with E-state index in [4.69, 9.17) is 4.74 Å². The fourth-order valence-corrected chi connectivity index (χ4v) is 3.73. The summed E-state index contributed by atoms with van der Waals surface area (Å²) in [5, 5.41) is 0. The van der Waals surface area contributed by atoms with Crippen LogP contribution in [0, 0.1) is 0 Å². The van der Waals surface area contributed by atoms with Crippen LogP contribution in [0.1, 0.15) is 28.8 Å². The summed E-state index contributed by atoms with van der Waals surface area (Å²) < 4.78 is 5.43. The Hall–Kier alpha value is -2.24. The SMILES string of the molecule is O=C(c1cccnc1-c1cccc(CN2CCOCC2)c1)N1CCCC1. The summed E-state index contributed by atoms with van der Waals surface area (Å²) in [6.07, 6.45) is 3.96. The molecule has 136 valence electrons. The second-order valence-corrected chi connectivity index (χ2v) is 6.99. The van der Waals surface area contributed by atoms with Crippen LogP contribution >= 0.6 is 0 Å². The van der Waals surface area contributed by atoms with Gasteiger partial charge in [0.1, 0.15) is 0 Å². The van der Waals surface area contributed by atoms with E-state index >= 15 is 0 Å². The van der Waals surface area contributed by atoms with E-state index < -0.39 is 0 Å². The van der Waals surface area contributed by atoms with Crippen LogP contribution in [0.25, 0.3) is 11.3 Å². The molecule has 0 radical (unpaired) electrons. The van der Waals surface area contributed by atoms with Gasteiger partial charge in [0.15, 0.2) is 0 Å². The average Bonchev–Trinajstić information content (AvgIpc) is 3.23. The standard InChI is InChI=1S/C21H25N3O2/c25-21(24-9-1-2-10-24)19-7-4-8-22-20(19)18-6-3-5-17(15-18)16-23-11-13-26-14-12-23/h3-8,15H,1-2,9-14,16H2. The van der Waals surface area contributed by atoms with Gasteiger partial charge in [0, 0.05) is 44.5 Å². The highest BCUT2D eigenvalue weighted by molar-refractivity contribution is 6.00. The van der Waals surface area contributed by atoms with Crippen molar-refractivity contribution in [3.63, 3.8) is 0 Å². The van der Waals surface area contributed by atoms with Gasteiger partial charge in [-0.25, -0.2) is 0 Å². The fourth-order valence-electron chi connectivity index (χ4n) is 3.73. The van der Waals surface area contributed by atoms with E-state index in [1.54, 1.807) is 6.20 Å². The molecule has 2 aliphatic rings. The lowest BCUT2D eigenvalue weighted by molar-refractivity contribution is 0.0342. The van der Waals surface area contributed by atoms with Crippen LogP contribution in [0.4, 0.5) is 0 Å². The first-order valence-electron chi connectivity index (χ1n) is 9.45. The molecule has 0 unspecified atom stereocenters. The highest BCUT2D eigenvalue weighted by Crippen LogP contribution is 2.25. The summed E-state index contributed by atoms with van der Waals surface area (Å²) in [6, 6.07) is 12.2. The summed E-state index contributed by atoms with van der Waals surface area (Å²) in [4.78, 5) is 21.8. The Bertz CT molecular complexity index is 765. The highest BCUT2D eigenvalue weighted by atomic mass is 16.5. The molecule has 1 aromatic carbocycles. The summed E-state index contributed by atoms with van der Waals surface area (Å²) in [6.45, 7) is 6.13. The Kier molecular flexibility index (Phi) is 5.27. The van der Waals surface area contributed by atoms with Gasteiger partial charge in [0.2, 0.25) is 0 Å². The molecule has 0 spiro atoms. The number of hydrogen-bond acceptors (Lipinski definition) is 4. The summed E-state index contributed by atoms with van der Waals surface area (Å²) in [5.74, 6) is 0.101. The van der Waals surface area contributed by atoms with E-state index in [0.29, 0.717) is 5.56 Å². The molecule has 1 amide bonds. The summed E-state index contributed by atoms with van der Waals surface area (Å²) >= 11 is 0. The Morgan fingerprint density at radius 1 is 1.04 bits per heavy atom. The van der Waals surface area contributed by atoms with Crippen LogP contribution in [0.3, 0.4) is 0 Å². The molecule has 0 bridgehead atoms. The van der Waals surface area contributed by atoms with Gasteiger partial charge in [-0.05, 0) is 36.6 Å². The molecule has 5 heteroatoms. The maximum Gasteiger partial charge on any atom is 0.256 e. The number of aromatic nitrogens is 1. The number of rotatable bonds is 4. The minimum Gasteiger partial charge on any atom is -0.379 e. The quantitative estimate of drug-likeness (QED) is 0.850. The molecule has 0 saturated carbocycles. The molecule has 2 aromatic rings. The van der Waals surface area contributed by atoms with E-state index in [-0.39, 0.29) is 5.91 Å². The molecule has 26 heavy (non-hydrogen) atoms. The van der Waals surface area contributed by atoms with Gasteiger partial charge in [-0.3, -0.25) is 14.7 Å². The van der Waals surface area contributed by atoms with Gasteiger partial charge < -0.3 is 9.64 Å². The molecule has 0 atom stereocenters. The molecular weight excluding hydrogens is 326 g/mol. The van der Waals surface area contributed by atoms with E-state index in [1.807, 2.05) is 23.1 Å². The second kappa shape index (κ2) is 7.98. The number of morpholine rings is 1. The van der Waals surface area contributed by atoms with Gasteiger partial charge in [-0.15, -0.1) is 0 Å². The monoisotopic (exact) mass is 351 g/mol. The molecule has 0 aliphatic carbocycles. The highest BCUT2D eigenvalue weighted by Gasteiger charge is 2.23. The largest absolute Gasteiger partial charge is 0.379 e. The summed E-state index contributed by atoms with van der Waals surface area (Å²) in [7, 11) is 0. The number of benzene rings is 1. The smallest absolute Gasteiger partial charge is 0.256 e. The fraction of sp³-hybridized carbons (Fsp3) is 0.429. The molecule has 4 rings (SSSR count). The van der Waals surface area contributed by atoms with Gasteiger partial charge in [-0.2, -0.15) is 0 Å². The topological polar surface area (TPSA) is 45.7 Å². The predicted octanol–water partition coefficient (Wildman–Crippen LogP) is 2.82. The Morgan fingerprint density at radius 3 is 2.65 bits per heavy atom. The first-order chi connectivity index (χ1) is 12.8. The van der Waals surface area contributed by atoms with Crippen molar-refractivity contribution in [1.82, 2.24) is 14.8 Å². The normalized spacial score (nSPS) is 18.2. The van der Waals surface area contributed by atoms with Crippen LogP contribution < -0.4 is 0 Å². The number of amides is 1. The Morgan fingerprint density at radius 2 is 1.85 bits per heavy atom. The average molecular weight is 351 g/mol. The van der Waals surface area contributed by atoms with Crippen LogP contribution in [-0.4, -0.2) is 60.1 Å². The number of pyridine rings is 1. The van der Waals surface area contributed by atoms with Crippen LogP contribution in [0.15, 0.2) is 42.6 Å². The van der Waals surface area contributed by atoms with Gasteiger partial charge >= 0.3 is 0 Å². The minimum absolute atomic E-state index is 0.101. The predicted molar refractivity (Wildman–Crippen MR) is 101 cm³/mol. The number of ether oxygens (including phenoxy) is 1. The third kappa shape index (κ3) is 3.79. The van der Waals surface area contributed by atoms with Crippen LogP contribution in [0.5, 0.6) is 0 Å². The lowest BCUT2D eigenvalue weighted by Gasteiger charge is -2.26. The van der Waals surface area contributed by atoms with Crippen molar-refractivity contribution in [3.8, 4) is 11.3 Å². The number of nitrogens with zero attached hydrogens (tertiary/aromatic N) is 3. The van der Waals surface area contributed by atoms with E-state index in [9.17, 15) is 4.79 Å². The summed E-state index contributed by atoms with van der Waals surface area (Å²) in [5.41, 5.74) is 3.75. The molecule has 2 saturated heterocycles. The number of carbonyl (C=O) groups is 1. The van der Waals surface area contributed by atoms with Crippen LogP contribution in [0.2, 0.25) is 0 Å². The van der Waals surface area contributed by atoms with E-state index in [0.717, 1.165) is 70.0 Å². The third-order valence-electron chi connectivity index (χ3n) is 5.14. The van der Waals surface area contributed by atoms with E-state index in [2.05, 4.69) is 28.1 Å². The molecular formula is C21H25N3O2. The van der Waals surface area contributed by atoms with E-state index in [1.165, 1.54) is 5.56 Å². The zero-order valence-corrected chi connectivity index (χ0v) is 15.1. The lowest BCUT2D eigenvalue weighted by atomic mass is 10.0. The van der Waals surface area contributed by atoms with Gasteiger partial charge in [0.05, 0.1) is 24.5 Å². The molecule has 3 heterocycles. The molecule has 2 aliphatic heterocycles. The molecule has 5 nitrogen and oxygen atoms in total. The molecule has 0 N–H and O–H groups in total. The van der Waals surface area contributed by atoms with Crippen molar-refractivity contribution in [2.24, 2.45) is 0 Å². The first kappa shape index (κ1) is 17.2. The van der Waals surface area contributed by atoms with Crippen molar-refractivity contribution >= 4 is 5.91 Å². The first-order valence-corrected chi connectivity index (χ1v) is 9.45. The zero-order chi connectivity index (χ0) is 17.8. The molecule has 1 aromatic heterocycles. The Labute approximate surface area is 154 Å². The van der Waals surface area contributed by atoms with Crippen molar-refractivity contribution in [1.29, 1.82) is 0 Å². The number of hydrogen-bond donors (Lipinski definition) is 0. The van der Waals surface area contributed by atoms with Crippen molar-refractivity contribution in [2.45, 2.75) is 19.4 Å². The van der Waals surface area contributed by atoms with Crippen LogP contribution in [-0.2, 0) is 11.3 Å². The van der Waals surface area contributed by atoms with Gasteiger partial charge in [-0.1, -0.05) is 18.2 Å². The third-order valence-corrected chi connectivity index (χ3v) is 5.14. The Balaban J connectivity index is 1.59. The van der Waals surface area contributed by atoms with Gasteiger partial charge in [0.25, 0.3) is 5.91 Å². The number of carbonyl (C=O) groups excluding carboxylic acids is 1. The van der Waals surface area contributed by atoms with Crippen molar-refractivity contribution in [2.75, 3.05) is 39.4 Å². The second-order valence-electron chi connectivity index (χ2n) is 6.99. The molecule has 2 fully saturated rings. The van der Waals surface area contributed by atoms with Crippen molar-refractivity contribution in [3.05, 3.63) is 53.7 Å². The maximum atomic E-state index is 12.9. The lowest BCUT2D eigenvalue weighted by Crippen LogP contribution is -2.35. The zero-order valence-electron chi connectivity index (χ0n) is 15.1.